The van der Waals surface area contributed by atoms with Crippen molar-refractivity contribution < 1.29 is 0 Å². The first-order valence-electron chi connectivity index (χ1n) is 5.33. The van der Waals surface area contributed by atoms with E-state index >= 15 is 0 Å². The van der Waals surface area contributed by atoms with Gasteiger partial charge in [0.2, 0.25) is 0 Å². The molecule has 1 unspecified atom stereocenters. The highest BCUT2D eigenvalue weighted by Gasteiger charge is 2.16. The molecular weight excluding hydrogens is 188 g/mol. The molecule has 0 aliphatic carbocycles. The van der Waals surface area contributed by atoms with Crippen LogP contribution in [0.25, 0.3) is 0 Å². The summed E-state index contributed by atoms with van der Waals surface area (Å²) in [6, 6.07) is 8.69. The lowest BCUT2D eigenvalue weighted by molar-refractivity contribution is 0.486. The van der Waals surface area contributed by atoms with Crippen LogP contribution in [-0.4, -0.2) is 5.75 Å². The average molecular weight is 208 g/mol. The molecule has 1 heteroatoms. The highest BCUT2D eigenvalue weighted by atomic mass is 32.1. The van der Waals surface area contributed by atoms with Gasteiger partial charge in [-0.05, 0) is 42.1 Å². The van der Waals surface area contributed by atoms with E-state index in [9.17, 15) is 0 Å². The van der Waals surface area contributed by atoms with E-state index in [1.165, 1.54) is 17.5 Å². The summed E-state index contributed by atoms with van der Waals surface area (Å²) in [7, 11) is 0. The van der Waals surface area contributed by atoms with E-state index in [-0.39, 0.29) is 0 Å². The molecule has 0 heterocycles. The summed E-state index contributed by atoms with van der Waals surface area (Å²) in [5, 5.41) is 0. The lowest BCUT2D eigenvalue weighted by Crippen LogP contribution is -2.09. The molecule has 0 radical (unpaired) electrons. The molecule has 1 aromatic rings. The van der Waals surface area contributed by atoms with Gasteiger partial charge < -0.3 is 0 Å². The molecule has 0 nitrogen and oxygen atoms in total. The van der Waals surface area contributed by atoms with Crippen LogP contribution in [0.5, 0.6) is 0 Å². The Morgan fingerprint density at radius 2 is 1.86 bits per heavy atom. The standard InChI is InChI=1S/C13H20S/c1-10(2)12(8-9-14)13-7-5-4-6-11(13)3/h4-7,10,12,14H,8-9H2,1-3H3. The van der Waals surface area contributed by atoms with Gasteiger partial charge in [-0.15, -0.1) is 0 Å². The summed E-state index contributed by atoms with van der Waals surface area (Å²) in [5.41, 5.74) is 2.91. The first kappa shape index (κ1) is 11.6. The van der Waals surface area contributed by atoms with Gasteiger partial charge >= 0.3 is 0 Å². The Bertz CT molecular complexity index is 278. The van der Waals surface area contributed by atoms with Crippen molar-refractivity contribution in [1.29, 1.82) is 0 Å². The Morgan fingerprint density at radius 3 is 2.36 bits per heavy atom. The van der Waals surface area contributed by atoms with Crippen molar-refractivity contribution in [1.82, 2.24) is 0 Å². The summed E-state index contributed by atoms with van der Waals surface area (Å²) in [5.74, 6) is 2.33. The molecule has 0 saturated heterocycles. The summed E-state index contributed by atoms with van der Waals surface area (Å²) in [6.07, 6.45) is 1.17. The van der Waals surface area contributed by atoms with Gasteiger partial charge in [0.05, 0.1) is 0 Å². The molecule has 78 valence electrons. The first-order valence-corrected chi connectivity index (χ1v) is 5.96. The van der Waals surface area contributed by atoms with Gasteiger partial charge in [-0.25, -0.2) is 0 Å². The SMILES string of the molecule is Cc1ccccc1C(CCS)C(C)C. The average Bonchev–Trinajstić information content (AvgIpc) is 2.15. The lowest BCUT2D eigenvalue weighted by atomic mass is 9.84. The maximum Gasteiger partial charge on any atom is -0.00920 e. The van der Waals surface area contributed by atoms with E-state index in [2.05, 4.69) is 57.7 Å². The molecular formula is C13H20S. The van der Waals surface area contributed by atoms with E-state index in [4.69, 9.17) is 0 Å². The zero-order valence-electron chi connectivity index (χ0n) is 9.33. The number of benzene rings is 1. The van der Waals surface area contributed by atoms with Crippen LogP contribution in [-0.2, 0) is 0 Å². The van der Waals surface area contributed by atoms with Crippen LogP contribution >= 0.6 is 12.6 Å². The van der Waals surface area contributed by atoms with Gasteiger partial charge in [-0.3, -0.25) is 0 Å². The van der Waals surface area contributed by atoms with E-state index in [0.29, 0.717) is 11.8 Å². The van der Waals surface area contributed by atoms with Crippen LogP contribution in [0.3, 0.4) is 0 Å². The van der Waals surface area contributed by atoms with Crippen LogP contribution < -0.4 is 0 Å². The third-order valence-electron chi connectivity index (χ3n) is 2.83. The van der Waals surface area contributed by atoms with E-state index < -0.39 is 0 Å². The molecule has 0 aliphatic rings. The Morgan fingerprint density at radius 1 is 1.21 bits per heavy atom. The summed E-state index contributed by atoms with van der Waals surface area (Å²) in [4.78, 5) is 0. The topological polar surface area (TPSA) is 0 Å². The summed E-state index contributed by atoms with van der Waals surface area (Å²) >= 11 is 4.34. The van der Waals surface area contributed by atoms with Gasteiger partial charge in [0, 0.05) is 0 Å². The summed E-state index contributed by atoms with van der Waals surface area (Å²) in [6.45, 7) is 6.78. The summed E-state index contributed by atoms with van der Waals surface area (Å²) < 4.78 is 0. The minimum Gasteiger partial charge on any atom is -0.179 e. The van der Waals surface area contributed by atoms with Crippen molar-refractivity contribution in [2.75, 3.05) is 5.75 Å². The van der Waals surface area contributed by atoms with Crippen LogP contribution in [0, 0.1) is 12.8 Å². The fourth-order valence-corrected chi connectivity index (χ4v) is 2.27. The molecule has 0 bridgehead atoms. The smallest absolute Gasteiger partial charge is 0.00920 e. The molecule has 0 spiro atoms. The van der Waals surface area contributed by atoms with Crippen LogP contribution in [0.15, 0.2) is 24.3 Å². The van der Waals surface area contributed by atoms with Gasteiger partial charge in [0.1, 0.15) is 0 Å². The fraction of sp³-hybridized carbons (Fsp3) is 0.538. The molecule has 0 aromatic heterocycles. The zero-order chi connectivity index (χ0) is 10.6. The fourth-order valence-electron chi connectivity index (χ4n) is 1.99. The Labute approximate surface area is 93.1 Å². The van der Waals surface area contributed by atoms with Gasteiger partial charge in [0.25, 0.3) is 0 Å². The van der Waals surface area contributed by atoms with Crippen molar-refractivity contribution in [3.8, 4) is 0 Å². The van der Waals surface area contributed by atoms with Gasteiger partial charge in [-0.1, -0.05) is 38.1 Å². The molecule has 1 aromatic carbocycles. The molecule has 0 saturated carbocycles. The maximum atomic E-state index is 4.34. The van der Waals surface area contributed by atoms with Crippen LogP contribution in [0.1, 0.15) is 37.3 Å². The molecule has 1 atom stereocenters. The lowest BCUT2D eigenvalue weighted by Gasteiger charge is -2.22. The maximum absolute atomic E-state index is 4.34. The molecule has 0 N–H and O–H groups in total. The minimum atomic E-state index is 0.661. The van der Waals surface area contributed by atoms with Crippen molar-refractivity contribution in [2.45, 2.75) is 33.1 Å². The Balaban J connectivity index is 2.93. The number of hydrogen-bond acceptors (Lipinski definition) is 1. The molecule has 0 aliphatic heterocycles. The van der Waals surface area contributed by atoms with Gasteiger partial charge in [0.15, 0.2) is 0 Å². The number of rotatable bonds is 4. The third-order valence-corrected chi connectivity index (χ3v) is 3.09. The largest absolute Gasteiger partial charge is 0.179 e. The zero-order valence-corrected chi connectivity index (χ0v) is 10.2. The molecule has 14 heavy (non-hydrogen) atoms. The van der Waals surface area contributed by atoms with Gasteiger partial charge in [-0.2, -0.15) is 12.6 Å². The quantitative estimate of drug-likeness (QED) is 0.709. The minimum absolute atomic E-state index is 0.661. The Hall–Kier alpha value is -0.430. The van der Waals surface area contributed by atoms with Crippen molar-refractivity contribution in [2.24, 2.45) is 5.92 Å². The normalized spacial score (nSPS) is 13.2. The predicted octanol–water partition coefficient (Wildman–Crippen LogP) is 4.05. The molecule has 1 rings (SSSR count). The van der Waals surface area contributed by atoms with E-state index in [0.717, 1.165) is 5.75 Å². The highest BCUT2D eigenvalue weighted by molar-refractivity contribution is 7.80. The van der Waals surface area contributed by atoms with Crippen LogP contribution in [0.4, 0.5) is 0 Å². The number of hydrogen-bond donors (Lipinski definition) is 1. The van der Waals surface area contributed by atoms with Crippen LogP contribution in [0.2, 0.25) is 0 Å². The van der Waals surface area contributed by atoms with E-state index in [1.54, 1.807) is 0 Å². The molecule has 0 fully saturated rings. The number of thiol groups is 1. The second-order valence-corrected chi connectivity index (χ2v) is 4.67. The number of aryl methyl sites for hydroxylation is 1. The first-order chi connectivity index (χ1) is 6.66. The van der Waals surface area contributed by atoms with Crippen molar-refractivity contribution in [3.05, 3.63) is 35.4 Å². The second-order valence-electron chi connectivity index (χ2n) is 4.22. The highest BCUT2D eigenvalue weighted by Crippen LogP contribution is 2.30. The van der Waals surface area contributed by atoms with Crippen molar-refractivity contribution in [3.63, 3.8) is 0 Å². The monoisotopic (exact) mass is 208 g/mol. The predicted molar refractivity (Wildman–Crippen MR) is 67.2 cm³/mol. The van der Waals surface area contributed by atoms with Crippen molar-refractivity contribution >= 4 is 12.6 Å². The third kappa shape index (κ3) is 2.78. The Kier molecular flexibility index (Phi) is 4.53. The van der Waals surface area contributed by atoms with E-state index in [1.807, 2.05) is 0 Å². The second kappa shape index (κ2) is 5.45. The molecule has 0 amide bonds.